The van der Waals surface area contributed by atoms with E-state index >= 15 is 0 Å². The van der Waals surface area contributed by atoms with Crippen LogP contribution in [-0.2, 0) is 6.42 Å². The number of carbonyl (C=O) groups is 1. The second-order valence-corrected chi connectivity index (χ2v) is 4.32. The van der Waals surface area contributed by atoms with E-state index in [0.717, 1.165) is 31.0 Å². The van der Waals surface area contributed by atoms with E-state index < -0.39 is 0 Å². The third-order valence-electron chi connectivity index (χ3n) is 2.78. The molecule has 6 heteroatoms. The maximum Gasteiger partial charge on any atom is 0.251 e. The fraction of sp³-hybridized carbons (Fsp3) is 0.467. The van der Waals surface area contributed by atoms with Gasteiger partial charge in [0.15, 0.2) is 5.96 Å². The average Bonchev–Trinajstić information content (AvgIpc) is 2.47. The Bertz CT molecular complexity index is 455. The molecule has 0 aromatic heterocycles. The van der Waals surface area contributed by atoms with E-state index in [0.29, 0.717) is 12.1 Å². The van der Waals surface area contributed by atoms with Gasteiger partial charge in [-0.05, 0) is 38.0 Å². The molecule has 0 radical (unpaired) electrons. The Morgan fingerprint density at radius 2 is 1.86 bits per heavy atom. The highest BCUT2D eigenvalue weighted by Gasteiger charge is 2.03. The van der Waals surface area contributed by atoms with Gasteiger partial charge < -0.3 is 16.0 Å². The van der Waals surface area contributed by atoms with Crippen LogP contribution in [-0.4, -0.2) is 38.5 Å². The predicted octanol–water partition coefficient (Wildman–Crippen LogP) is 1.78. The van der Waals surface area contributed by atoms with Gasteiger partial charge >= 0.3 is 0 Å². The van der Waals surface area contributed by atoms with Crippen LogP contribution in [0, 0.1) is 0 Å². The Hall–Kier alpha value is -1.31. The van der Waals surface area contributed by atoms with Gasteiger partial charge in [0.25, 0.3) is 5.91 Å². The summed E-state index contributed by atoms with van der Waals surface area (Å²) in [6.07, 6.45) is 0.811. The normalized spacial score (nSPS) is 9.29. The minimum atomic E-state index is -0.0589. The lowest BCUT2D eigenvalue weighted by Crippen LogP contribution is -2.37. The first-order valence-electron chi connectivity index (χ1n) is 7.04. The Morgan fingerprint density at radius 1 is 1.19 bits per heavy atom. The van der Waals surface area contributed by atoms with E-state index in [9.17, 15) is 4.79 Å². The third kappa shape index (κ3) is 7.31. The van der Waals surface area contributed by atoms with Gasteiger partial charge in [-0.1, -0.05) is 12.1 Å². The Kier molecular flexibility index (Phi) is 10.7. The van der Waals surface area contributed by atoms with Crippen molar-refractivity contribution in [3.05, 3.63) is 35.4 Å². The summed E-state index contributed by atoms with van der Waals surface area (Å²) in [5.74, 6) is 0.772. The molecule has 0 aliphatic rings. The van der Waals surface area contributed by atoms with Crippen LogP contribution < -0.4 is 16.0 Å². The van der Waals surface area contributed by atoms with Gasteiger partial charge in [-0.2, -0.15) is 0 Å². The summed E-state index contributed by atoms with van der Waals surface area (Å²) in [4.78, 5) is 16.0. The lowest BCUT2D eigenvalue weighted by atomic mass is 10.1. The molecule has 21 heavy (non-hydrogen) atoms. The van der Waals surface area contributed by atoms with Gasteiger partial charge in [0.05, 0.1) is 0 Å². The molecule has 3 N–H and O–H groups in total. The minimum Gasteiger partial charge on any atom is -0.357 e. The fourth-order valence-corrected chi connectivity index (χ4v) is 1.82. The largest absolute Gasteiger partial charge is 0.357 e. The third-order valence-corrected chi connectivity index (χ3v) is 2.78. The number of hydrogen-bond donors (Lipinski definition) is 3. The lowest BCUT2D eigenvalue weighted by Gasteiger charge is -2.09. The zero-order chi connectivity index (χ0) is 14.8. The number of guanidine groups is 1. The molecule has 0 heterocycles. The van der Waals surface area contributed by atoms with Crippen LogP contribution in [0.15, 0.2) is 29.3 Å². The molecule has 5 nitrogen and oxygen atoms in total. The topological polar surface area (TPSA) is 65.5 Å². The SMILES string of the molecule is CCNC(=NCCc1cccc(C(=O)NC)c1)NCC.I. The first kappa shape index (κ1) is 19.7. The lowest BCUT2D eigenvalue weighted by molar-refractivity contribution is 0.0963. The van der Waals surface area contributed by atoms with Crippen molar-refractivity contribution < 1.29 is 4.79 Å². The number of aliphatic imine (C=N–C) groups is 1. The molecule has 1 aromatic carbocycles. The summed E-state index contributed by atoms with van der Waals surface area (Å²) in [6.45, 7) is 6.46. The molecule has 0 unspecified atom stereocenters. The van der Waals surface area contributed by atoms with Gasteiger partial charge in [-0.25, -0.2) is 0 Å². The van der Waals surface area contributed by atoms with Gasteiger partial charge in [0.1, 0.15) is 0 Å². The van der Waals surface area contributed by atoms with E-state index in [4.69, 9.17) is 0 Å². The quantitative estimate of drug-likeness (QED) is 0.385. The number of carbonyl (C=O) groups excluding carboxylic acids is 1. The zero-order valence-corrected chi connectivity index (χ0v) is 15.2. The zero-order valence-electron chi connectivity index (χ0n) is 12.9. The molecular formula is C15H25IN4O. The summed E-state index contributed by atoms with van der Waals surface area (Å²) in [7, 11) is 1.64. The molecule has 1 rings (SSSR count). The first-order chi connectivity index (χ1) is 9.71. The van der Waals surface area contributed by atoms with Crippen molar-refractivity contribution in [1.82, 2.24) is 16.0 Å². The monoisotopic (exact) mass is 404 g/mol. The van der Waals surface area contributed by atoms with Crippen molar-refractivity contribution in [3.63, 3.8) is 0 Å². The minimum absolute atomic E-state index is 0. The molecule has 0 aliphatic heterocycles. The Balaban J connectivity index is 0.00000400. The number of nitrogens with zero attached hydrogens (tertiary/aromatic N) is 1. The Labute approximate surface area is 144 Å². The highest BCUT2D eigenvalue weighted by Crippen LogP contribution is 2.06. The van der Waals surface area contributed by atoms with Gasteiger partial charge in [0, 0.05) is 32.2 Å². The van der Waals surface area contributed by atoms with Gasteiger partial charge in [-0.15, -0.1) is 24.0 Å². The number of amides is 1. The molecule has 1 aromatic rings. The van der Waals surface area contributed by atoms with Gasteiger partial charge in [-0.3, -0.25) is 9.79 Å². The number of rotatable bonds is 6. The molecule has 0 atom stereocenters. The molecule has 0 aliphatic carbocycles. The van der Waals surface area contributed by atoms with Crippen molar-refractivity contribution in [2.75, 3.05) is 26.7 Å². The van der Waals surface area contributed by atoms with Crippen LogP contribution in [0.5, 0.6) is 0 Å². The molecule has 1 amide bonds. The van der Waals surface area contributed by atoms with Crippen molar-refractivity contribution in [3.8, 4) is 0 Å². The predicted molar refractivity (Wildman–Crippen MR) is 98.6 cm³/mol. The molecule has 0 fully saturated rings. The molecular weight excluding hydrogens is 379 g/mol. The number of hydrogen-bond acceptors (Lipinski definition) is 2. The maximum atomic E-state index is 11.6. The standard InChI is InChI=1S/C15H24N4O.HI/c1-4-17-15(18-5-2)19-10-9-12-7-6-8-13(11-12)14(20)16-3;/h6-8,11H,4-5,9-10H2,1-3H3,(H,16,20)(H2,17,18,19);1H. The highest BCUT2D eigenvalue weighted by molar-refractivity contribution is 14.0. The second kappa shape index (κ2) is 11.4. The molecule has 0 bridgehead atoms. The van der Waals surface area contributed by atoms with Crippen molar-refractivity contribution in [2.45, 2.75) is 20.3 Å². The summed E-state index contributed by atoms with van der Waals surface area (Å²) in [5.41, 5.74) is 1.80. The van der Waals surface area contributed by atoms with E-state index in [1.54, 1.807) is 7.05 Å². The van der Waals surface area contributed by atoms with Crippen LogP contribution in [0.25, 0.3) is 0 Å². The van der Waals surface area contributed by atoms with Crippen molar-refractivity contribution in [1.29, 1.82) is 0 Å². The van der Waals surface area contributed by atoms with Gasteiger partial charge in [0.2, 0.25) is 0 Å². The molecule has 0 spiro atoms. The van der Waals surface area contributed by atoms with E-state index in [2.05, 4.69) is 20.9 Å². The Morgan fingerprint density at radius 3 is 2.43 bits per heavy atom. The van der Waals surface area contributed by atoms with Crippen molar-refractivity contribution in [2.24, 2.45) is 4.99 Å². The molecule has 0 saturated heterocycles. The van der Waals surface area contributed by atoms with E-state index in [-0.39, 0.29) is 29.9 Å². The highest BCUT2D eigenvalue weighted by atomic mass is 127. The summed E-state index contributed by atoms with van der Waals surface area (Å²) < 4.78 is 0. The number of halogens is 1. The van der Waals surface area contributed by atoms with E-state index in [1.165, 1.54) is 0 Å². The number of nitrogens with one attached hydrogen (secondary N) is 3. The molecule has 0 saturated carbocycles. The fourth-order valence-electron chi connectivity index (χ4n) is 1.82. The van der Waals surface area contributed by atoms with Crippen molar-refractivity contribution >= 4 is 35.8 Å². The van der Waals surface area contributed by atoms with Crippen LogP contribution >= 0.6 is 24.0 Å². The summed E-state index contributed by atoms with van der Waals surface area (Å²) in [6, 6.07) is 7.64. The number of benzene rings is 1. The first-order valence-corrected chi connectivity index (χ1v) is 7.04. The second-order valence-electron chi connectivity index (χ2n) is 4.32. The van der Waals surface area contributed by atoms with Crippen LogP contribution in [0.2, 0.25) is 0 Å². The molecule has 118 valence electrons. The summed E-state index contributed by atoms with van der Waals surface area (Å²) in [5, 5.41) is 9.00. The van der Waals surface area contributed by atoms with Crippen LogP contribution in [0.1, 0.15) is 29.8 Å². The van der Waals surface area contributed by atoms with Crippen LogP contribution in [0.4, 0.5) is 0 Å². The van der Waals surface area contributed by atoms with Crippen LogP contribution in [0.3, 0.4) is 0 Å². The smallest absolute Gasteiger partial charge is 0.251 e. The average molecular weight is 404 g/mol. The van der Waals surface area contributed by atoms with E-state index in [1.807, 2.05) is 38.1 Å². The maximum absolute atomic E-state index is 11.6. The summed E-state index contributed by atoms with van der Waals surface area (Å²) >= 11 is 0.